The van der Waals surface area contributed by atoms with Crippen molar-refractivity contribution in [2.75, 3.05) is 0 Å². The number of aliphatic imine (C=N–C) groups is 1. The smallest absolute Gasteiger partial charge is 0.240 e. The van der Waals surface area contributed by atoms with Crippen LogP contribution in [0.25, 0.3) is 0 Å². The molecule has 0 aromatic carbocycles. The molecule has 1 heterocycles. The molecule has 0 saturated carbocycles. The van der Waals surface area contributed by atoms with Gasteiger partial charge in [0, 0.05) is 18.0 Å². The summed E-state index contributed by atoms with van der Waals surface area (Å²) in [6, 6.07) is 0. The lowest BCUT2D eigenvalue weighted by Gasteiger charge is -2.18. The third-order valence-corrected chi connectivity index (χ3v) is 1.83. The molecule has 0 saturated heterocycles. The Balaban J connectivity index is 2.83. The second-order valence-electron chi connectivity index (χ2n) is 1.59. The van der Waals surface area contributed by atoms with Crippen molar-refractivity contribution in [2.24, 2.45) is 4.99 Å². The molecule has 0 aliphatic carbocycles. The van der Waals surface area contributed by atoms with Gasteiger partial charge in [0.25, 0.3) is 0 Å². The molecule has 0 amide bonds. The Bertz CT molecular complexity index is 181. The summed E-state index contributed by atoms with van der Waals surface area (Å²) in [5.41, 5.74) is 0. The first-order chi connectivity index (χ1) is 4.61. The third kappa shape index (κ3) is 1.55. The van der Waals surface area contributed by atoms with Gasteiger partial charge in [-0.15, -0.1) is 0 Å². The molecule has 3 nitrogen and oxygen atoms in total. The van der Waals surface area contributed by atoms with E-state index in [2.05, 4.69) is 4.99 Å². The van der Waals surface area contributed by atoms with Gasteiger partial charge in [0.1, 0.15) is 5.17 Å². The van der Waals surface area contributed by atoms with E-state index in [0.717, 1.165) is 4.42 Å². The standard InChI is InChI=1S/C4H3Cl3N2O/c5-2-1-9(7)4(10)8-3(2)6/h1,4,10H. The highest BCUT2D eigenvalue weighted by molar-refractivity contribution is 6.76. The van der Waals surface area contributed by atoms with Crippen LogP contribution in [-0.2, 0) is 0 Å². The summed E-state index contributed by atoms with van der Waals surface area (Å²) in [4.78, 5) is 3.48. The Labute approximate surface area is 72.6 Å². The summed E-state index contributed by atoms with van der Waals surface area (Å²) in [6.45, 7) is 0. The molecule has 0 spiro atoms. The number of aliphatic hydroxyl groups is 1. The minimum Gasteiger partial charge on any atom is -0.354 e. The van der Waals surface area contributed by atoms with Gasteiger partial charge in [-0.1, -0.05) is 23.2 Å². The Kier molecular flexibility index (Phi) is 2.41. The van der Waals surface area contributed by atoms with Gasteiger partial charge in [-0.2, -0.15) is 0 Å². The highest BCUT2D eigenvalue weighted by Gasteiger charge is 2.17. The van der Waals surface area contributed by atoms with Gasteiger partial charge in [-0.3, -0.25) is 0 Å². The van der Waals surface area contributed by atoms with E-state index in [1.165, 1.54) is 6.20 Å². The van der Waals surface area contributed by atoms with Crippen molar-refractivity contribution >= 4 is 40.1 Å². The van der Waals surface area contributed by atoms with Gasteiger partial charge in [0.15, 0.2) is 0 Å². The fraction of sp³-hybridized carbons (Fsp3) is 0.250. The minimum absolute atomic E-state index is 0.0612. The number of hydrogen-bond acceptors (Lipinski definition) is 3. The quantitative estimate of drug-likeness (QED) is 0.602. The number of aliphatic hydroxyl groups excluding tert-OH is 1. The van der Waals surface area contributed by atoms with E-state index in [-0.39, 0.29) is 10.2 Å². The molecule has 0 aromatic rings. The van der Waals surface area contributed by atoms with Gasteiger partial charge in [0.2, 0.25) is 6.35 Å². The van der Waals surface area contributed by atoms with Crippen LogP contribution in [0.2, 0.25) is 0 Å². The molecule has 0 aromatic heterocycles. The monoisotopic (exact) mass is 200 g/mol. The number of rotatable bonds is 0. The maximum absolute atomic E-state index is 8.88. The Morgan fingerprint density at radius 3 is 2.70 bits per heavy atom. The van der Waals surface area contributed by atoms with Crippen molar-refractivity contribution in [3.8, 4) is 0 Å². The van der Waals surface area contributed by atoms with E-state index in [4.69, 9.17) is 40.1 Å². The highest BCUT2D eigenvalue weighted by Crippen LogP contribution is 2.19. The maximum atomic E-state index is 8.88. The van der Waals surface area contributed by atoms with Gasteiger partial charge in [-0.25, -0.2) is 9.41 Å². The van der Waals surface area contributed by atoms with Crippen molar-refractivity contribution in [1.29, 1.82) is 0 Å². The molecule has 1 aliphatic rings. The largest absolute Gasteiger partial charge is 0.354 e. The van der Waals surface area contributed by atoms with Gasteiger partial charge < -0.3 is 5.11 Å². The highest BCUT2D eigenvalue weighted by atomic mass is 35.5. The van der Waals surface area contributed by atoms with E-state index < -0.39 is 6.35 Å². The van der Waals surface area contributed by atoms with Crippen LogP contribution in [0.4, 0.5) is 0 Å². The normalized spacial score (nSPS) is 26.0. The Hall–Kier alpha value is 0.0400. The van der Waals surface area contributed by atoms with E-state index in [1.54, 1.807) is 0 Å². The van der Waals surface area contributed by atoms with Crippen LogP contribution in [0, 0.1) is 0 Å². The zero-order valence-corrected chi connectivity index (χ0v) is 6.90. The molecule has 6 heteroatoms. The molecule has 56 valence electrons. The molecule has 1 aliphatic heterocycles. The first kappa shape index (κ1) is 8.14. The number of allylic oxidation sites excluding steroid dienone is 1. The van der Waals surface area contributed by atoms with Gasteiger partial charge in [-0.05, 0) is 0 Å². The molecule has 1 unspecified atom stereocenters. The molecule has 0 bridgehead atoms. The van der Waals surface area contributed by atoms with Gasteiger partial charge in [0.05, 0.1) is 5.03 Å². The SMILES string of the molecule is OC1N=C(Cl)C(Cl)=CN1Cl. The molecular formula is C4H3Cl3N2O. The lowest BCUT2D eigenvalue weighted by Crippen LogP contribution is -2.24. The molecule has 1 atom stereocenters. The van der Waals surface area contributed by atoms with Crippen molar-refractivity contribution in [3.63, 3.8) is 0 Å². The molecule has 1 N–H and O–H groups in total. The lowest BCUT2D eigenvalue weighted by molar-refractivity contribution is 0.0996. The predicted octanol–water partition coefficient (Wildman–Crippen LogP) is 1.45. The second-order valence-corrected chi connectivity index (χ2v) is 2.74. The van der Waals surface area contributed by atoms with Crippen LogP contribution in [0.1, 0.15) is 0 Å². The van der Waals surface area contributed by atoms with Crippen LogP contribution in [0.5, 0.6) is 0 Å². The summed E-state index contributed by atoms with van der Waals surface area (Å²) in [7, 11) is 0. The minimum atomic E-state index is -1.14. The van der Waals surface area contributed by atoms with Crippen molar-refractivity contribution in [1.82, 2.24) is 4.42 Å². The summed E-state index contributed by atoms with van der Waals surface area (Å²) in [6.07, 6.45) is 0.139. The van der Waals surface area contributed by atoms with E-state index in [1.807, 2.05) is 0 Å². The van der Waals surface area contributed by atoms with Crippen molar-refractivity contribution in [3.05, 3.63) is 11.2 Å². The van der Waals surface area contributed by atoms with Gasteiger partial charge >= 0.3 is 0 Å². The summed E-state index contributed by atoms with van der Waals surface area (Å²) in [5.74, 6) is 0. The number of halogens is 3. The predicted molar refractivity (Wildman–Crippen MR) is 40.9 cm³/mol. The fourth-order valence-electron chi connectivity index (χ4n) is 0.446. The van der Waals surface area contributed by atoms with Crippen LogP contribution < -0.4 is 0 Å². The topological polar surface area (TPSA) is 35.8 Å². The Morgan fingerprint density at radius 1 is 1.60 bits per heavy atom. The van der Waals surface area contributed by atoms with Crippen molar-refractivity contribution in [2.45, 2.75) is 6.35 Å². The zero-order chi connectivity index (χ0) is 7.72. The van der Waals surface area contributed by atoms with Crippen molar-refractivity contribution < 1.29 is 5.11 Å². The average Bonchev–Trinajstić information content (AvgIpc) is 1.84. The summed E-state index contributed by atoms with van der Waals surface area (Å²) in [5, 5.41) is 9.16. The lowest BCUT2D eigenvalue weighted by atomic mass is 10.6. The average molecular weight is 201 g/mol. The van der Waals surface area contributed by atoms with Crippen LogP contribution in [0.3, 0.4) is 0 Å². The van der Waals surface area contributed by atoms with E-state index in [9.17, 15) is 0 Å². The number of hydrogen-bond donors (Lipinski definition) is 1. The maximum Gasteiger partial charge on any atom is 0.240 e. The van der Waals surface area contributed by atoms with Crippen LogP contribution >= 0.6 is 35.0 Å². The summed E-state index contributed by atoms with van der Waals surface area (Å²) < 4.78 is 0.925. The molecule has 1 rings (SSSR count). The molecule has 0 fully saturated rings. The van der Waals surface area contributed by atoms with Crippen LogP contribution in [0.15, 0.2) is 16.2 Å². The molecule has 10 heavy (non-hydrogen) atoms. The van der Waals surface area contributed by atoms with Crippen LogP contribution in [-0.4, -0.2) is 21.0 Å². The third-order valence-electron chi connectivity index (χ3n) is 0.883. The number of nitrogens with zero attached hydrogens (tertiary/aromatic N) is 2. The summed E-state index contributed by atoms with van der Waals surface area (Å²) >= 11 is 16.3. The van der Waals surface area contributed by atoms with E-state index >= 15 is 0 Å². The Morgan fingerprint density at radius 2 is 2.20 bits per heavy atom. The zero-order valence-electron chi connectivity index (χ0n) is 4.63. The fourth-order valence-corrected chi connectivity index (χ4v) is 0.928. The van der Waals surface area contributed by atoms with E-state index in [0.29, 0.717) is 0 Å². The molecule has 0 radical (unpaired) electrons. The molecular weight excluding hydrogens is 198 g/mol. The second kappa shape index (κ2) is 2.96. The first-order valence-corrected chi connectivity index (χ1v) is 3.44. The first-order valence-electron chi connectivity index (χ1n) is 2.34.